The first kappa shape index (κ1) is 16.1. The topological polar surface area (TPSA) is 99.8 Å². The minimum absolute atomic E-state index is 0.189. The molecule has 4 heterocycles. The Morgan fingerprint density at radius 1 is 1.19 bits per heavy atom. The Kier molecular flexibility index (Phi) is 4.04. The number of nitrogen functional groups attached to an aromatic ring is 1. The smallest absolute Gasteiger partial charge is 0.240 e. The number of hydrogen-bond donors (Lipinski definition) is 1. The van der Waals surface area contributed by atoms with Crippen molar-refractivity contribution in [2.45, 2.75) is 26.3 Å². The number of fused-ring (bicyclic) bond motifs is 1. The van der Waals surface area contributed by atoms with E-state index in [0.717, 1.165) is 18.4 Å². The van der Waals surface area contributed by atoms with E-state index in [2.05, 4.69) is 32.0 Å². The highest BCUT2D eigenvalue weighted by Crippen LogP contribution is 2.20. The van der Waals surface area contributed by atoms with Gasteiger partial charge in [-0.2, -0.15) is 9.50 Å². The lowest BCUT2D eigenvalue weighted by Gasteiger charge is -2.10. The van der Waals surface area contributed by atoms with E-state index in [1.807, 2.05) is 0 Å². The third-order valence-corrected chi connectivity index (χ3v) is 4.04. The van der Waals surface area contributed by atoms with Crippen molar-refractivity contribution in [2.75, 3.05) is 5.73 Å². The molecule has 0 atom stereocenters. The Bertz CT molecular complexity index is 1070. The first-order chi connectivity index (χ1) is 12.7. The molecule has 0 aliphatic carbocycles. The predicted molar refractivity (Wildman–Crippen MR) is 93.7 cm³/mol. The normalized spacial score (nSPS) is 11.3. The molecule has 0 unspecified atom stereocenters. The summed E-state index contributed by atoms with van der Waals surface area (Å²) in [7, 11) is 0. The zero-order valence-electron chi connectivity index (χ0n) is 14.2. The summed E-state index contributed by atoms with van der Waals surface area (Å²) >= 11 is 0. The standard InChI is InChI=1S/C17H17FN8/c1-2-4-11-9-22-13(26-15(11)23-17(19)24-26)10-25-8-7-21-16(25)14-12(18)5-3-6-20-14/h3,5-9H,2,4,10H2,1H3,(H2,19,24). The maximum absolute atomic E-state index is 14.1. The van der Waals surface area contributed by atoms with E-state index in [4.69, 9.17) is 5.73 Å². The molecule has 2 N–H and O–H groups in total. The maximum Gasteiger partial charge on any atom is 0.240 e. The first-order valence-corrected chi connectivity index (χ1v) is 8.28. The van der Waals surface area contributed by atoms with E-state index in [9.17, 15) is 4.39 Å². The number of halogens is 1. The number of hydrogen-bond acceptors (Lipinski definition) is 6. The van der Waals surface area contributed by atoms with E-state index in [-0.39, 0.29) is 11.6 Å². The van der Waals surface area contributed by atoms with Crippen LogP contribution in [0, 0.1) is 5.82 Å². The number of nitrogens with two attached hydrogens (primary N) is 1. The van der Waals surface area contributed by atoms with Gasteiger partial charge in [0.2, 0.25) is 5.95 Å². The summed E-state index contributed by atoms with van der Waals surface area (Å²) in [4.78, 5) is 17.2. The number of imidazole rings is 1. The van der Waals surface area contributed by atoms with E-state index in [1.54, 1.807) is 33.7 Å². The summed E-state index contributed by atoms with van der Waals surface area (Å²) in [5, 5.41) is 4.25. The lowest BCUT2D eigenvalue weighted by Crippen LogP contribution is -2.11. The Morgan fingerprint density at radius 3 is 2.88 bits per heavy atom. The number of pyridine rings is 1. The molecule has 132 valence electrons. The zero-order valence-corrected chi connectivity index (χ0v) is 14.2. The predicted octanol–water partition coefficient (Wildman–Crippen LogP) is 2.10. The van der Waals surface area contributed by atoms with Gasteiger partial charge in [0.15, 0.2) is 23.1 Å². The van der Waals surface area contributed by atoms with Crippen molar-refractivity contribution in [1.82, 2.24) is 34.1 Å². The van der Waals surface area contributed by atoms with Crippen LogP contribution >= 0.6 is 0 Å². The molecular weight excluding hydrogens is 335 g/mol. The third-order valence-electron chi connectivity index (χ3n) is 4.04. The van der Waals surface area contributed by atoms with Crippen molar-refractivity contribution in [3.05, 3.63) is 54.1 Å². The van der Waals surface area contributed by atoms with Crippen molar-refractivity contribution in [1.29, 1.82) is 0 Å². The van der Waals surface area contributed by atoms with Gasteiger partial charge in [-0.05, 0) is 18.6 Å². The Balaban J connectivity index is 1.77. The quantitative estimate of drug-likeness (QED) is 0.590. The molecule has 0 aromatic carbocycles. The van der Waals surface area contributed by atoms with Crippen LogP contribution in [0.25, 0.3) is 17.2 Å². The van der Waals surface area contributed by atoms with E-state index >= 15 is 0 Å². The highest BCUT2D eigenvalue weighted by atomic mass is 19.1. The molecule has 26 heavy (non-hydrogen) atoms. The van der Waals surface area contributed by atoms with Gasteiger partial charge < -0.3 is 10.3 Å². The summed E-state index contributed by atoms with van der Waals surface area (Å²) in [6.45, 7) is 2.42. The van der Waals surface area contributed by atoms with Crippen LogP contribution in [0.5, 0.6) is 0 Å². The molecule has 0 spiro atoms. The largest absolute Gasteiger partial charge is 0.366 e. The molecule has 0 fully saturated rings. The minimum atomic E-state index is -0.429. The molecule has 9 heteroatoms. The number of aromatic nitrogens is 7. The van der Waals surface area contributed by atoms with Crippen LogP contribution in [0.15, 0.2) is 36.9 Å². The van der Waals surface area contributed by atoms with E-state index < -0.39 is 5.82 Å². The maximum atomic E-state index is 14.1. The van der Waals surface area contributed by atoms with Gasteiger partial charge in [-0.25, -0.2) is 19.3 Å². The van der Waals surface area contributed by atoms with Crippen LogP contribution in [-0.2, 0) is 13.0 Å². The summed E-state index contributed by atoms with van der Waals surface area (Å²) in [5.74, 6) is 0.808. The zero-order chi connectivity index (χ0) is 18.1. The molecule has 0 radical (unpaired) electrons. The van der Waals surface area contributed by atoms with Crippen LogP contribution in [-0.4, -0.2) is 34.1 Å². The molecule has 0 saturated heterocycles. The average molecular weight is 352 g/mol. The fourth-order valence-corrected chi connectivity index (χ4v) is 2.89. The Labute approximate surface area is 148 Å². The molecule has 8 nitrogen and oxygen atoms in total. The molecular formula is C17H17FN8. The first-order valence-electron chi connectivity index (χ1n) is 8.28. The summed E-state index contributed by atoms with van der Waals surface area (Å²) in [6.07, 6.45) is 8.48. The third kappa shape index (κ3) is 2.77. The van der Waals surface area contributed by atoms with Gasteiger partial charge in [-0.3, -0.25) is 0 Å². The van der Waals surface area contributed by atoms with Crippen molar-refractivity contribution < 1.29 is 4.39 Å². The highest BCUT2D eigenvalue weighted by Gasteiger charge is 2.16. The number of rotatable bonds is 5. The second kappa shape index (κ2) is 6.51. The highest BCUT2D eigenvalue weighted by molar-refractivity contribution is 5.51. The second-order valence-corrected chi connectivity index (χ2v) is 5.87. The van der Waals surface area contributed by atoms with Crippen molar-refractivity contribution >= 4 is 11.6 Å². The van der Waals surface area contributed by atoms with Crippen LogP contribution in [0.4, 0.5) is 10.3 Å². The molecule has 0 aliphatic heterocycles. The average Bonchev–Trinajstić information content (AvgIpc) is 3.24. The van der Waals surface area contributed by atoms with Crippen molar-refractivity contribution in [3.8, 4) is 11.5 Å². The van der Waals surface area contributed by atoms with Crippen molar-refractivity contribution in [3.63, 3.8) is 0 Å². The van der Waals surface area contributed by atoms with Gasteiger partial charge in [0.05, 0.1) is 6.54 Å². The molecule has 0 aliphatic rings. The number of anilines is 1. The van der Waals surface area contributed by atoms with Gasteiger partial charge in [0.1, 0.15) is 5.69 Å². The SMILES string of the molecule is CCCc1cnc(Cn2ccnc2-c2ncccc2F)n2nc(N)nc12. The van der Waals surface area contributed by atoms with Crippen LogP contribution in [0.2, 0.25) is 0 Å². The number of nitrogens with zero attached hydrogens (tertiary/aromatic N) is 7. The van der Waals surface area contributed by atoms with E-state index in [1.165, 1.54) is 12.3 Å². The van der Waals surface area contributed by atoms with Crippen LogP contribution in [0.1, 0.15) is 24.7 Å². The molecule has 4 rings (SSSR count). The van der Waals surface area contributed by atoms with Crippen LogP contribution < -0.4 is 5.73 Å². The van der Waals surface area contributed by atoms with Crippen molar-refractivity contribution in [2.24, 2.45) is 0 Å². The second-order valence-electron chi connectivity index (χ2n) is 5.87. The lowest BCUT2D eigenvalue weighted by atomic mass is 10.2. The monoisotopic (exact) mass is 352 g/mol. The number of aryl methyl sites for hydroxylation is 1. The fraction of sp³-hybridized carbons (Fsp3) is 0.235. The molecule has 0 saturated carbocycles. The minimum Gasteiger partial charge on any atom is -0.366 e. The van der Waals surface area contributed by atoms with Gasteiger partial charge in [0.25, 0.3) is 0 Å². The Hall–Kier alpha value is -3.36. The van der Waals surface area contributed by atoms with Gasteiger partial charge in [-0.1, -0.05) is 13.3 Å². The molecule has 0 bridgehead atoms. The Morgan fingerprint density at radius 2 is 2.08 bits per heavy atom. The lowest BCUT2D eigenvalue weighted by molar-refractivity contribution is 0.619. The summed E-state index contributed by atoms with van der Waals surface area (Å²) in [6, 6.07) is 2.90. The fourth-order valence-electron chi connectivity index (χ4n) is 2.89. The molecule has 4 aromatic rings. The van der Waals surface area contributed by atoms with Gasteiger partial charge in [0, 0.05) is 30.4 Å². The van der Waals surface area contributed by atoms with Crippen LogP contribution in [0.3, 0.4) is 0 Å². The van der Waals surface area contributed by atoms with Gasteiger partial charge in [-0.15, -0.1) is 5.10 Å². The summed E-state index contributed by atoms with van der Waals surface area (Å²) < 4.78 is 17.5. The van der Waals surface area contributed by atoms with E-state index in [0.29, 0.717) is 23.8 Å². The molecule has 0 amide bonds. The molecule has 4 aromatic heterocycles. The summed E-state index contributed by atoms with van der Waals surface area (Å²) in [5.41, 5.74) is 7.66. The van der Waals surface area contributed by atoms with Gasteiger partial charge >= 0.3 is 0 Å².